The first-order valence-electron chi connectivity index (χ1n) is 20.7. The van der Waals surface area contributed by atoms with Gasteiger partial charge in [0.15, 0.2) is 13.7 Å². The number of nitriles is 2. The van der Waals surface area contributed by atoms with Gasteiger partial charge in [0.1, 0.15) is 5.58 Å². The molecule has 0 aliphatic carbocycles. The Balaban J connectivity index is 1.11. The zero-order valence-corrected chi connectivity index (χ0v) is 34.3. The number of nitrogens with zero attached hydrogens (tertiary/aromatic N) is 4. The maximum atomic E-state index is 9.87. The standard InChI is InChI=1S/C56H34N4OSi/c57-35-37-22-30-52-49(32-37)50-33-38(36-58)23-31-53(50)59(52)40-12-11-17-44(34-40)62(41-13-3-1-4-14-41,42-15-5-2-6-16-42)43-26-24-39(25-27-43)60-51-20-9-7-18-45(51)47-28-29-48-46-19-8-10-21-54(46)61-56(48)55(47)60/h1-34H. The molecule has 9 aromatic carbocycles. The molecule has 0 saturated carbocycles. The Hall–Kier alpha value is -8.42. The molecule has 62 heavy (non-hydrogen) atoms. The molecule has 0 spiro atoms. The SMILES string of the molecule is N#Cc1ccc2c(c1)c1cc(C#N)ccc1n2-c1cccc([Si](c2ccccc2)(c2ccccc2)c2ccc(-n3c4ccccc4c4ccc5c6ccccc6oc5c43)cc2)c1. The zero-order chi connectivity index (χ0) is 41.4. The summed E-state index contributed by atoms with van der Waals surface area (Å²) in [5, 5.41) is 31.2. The lowest BCUT2D eigenvalue weighted by atomic mass is 10.1. The first kappa shape index (κ1) is 35.5. The van der Waals surface area contributed by atoms with Crippen LogP contribution in [-0.4, -0.2) is 17.2 Å². The van der Waals surface area contributed by atoms with E-state index in [9.17, 15) is 10.5 Å². The molecule has 6 heteroatoms. The Kier molecular flexibility index (Phi) is 7.92. The number of hydrogen-bond donors (Lipinski definition) is 0. The molecule has 0 radical (unpaired) electrons. The highest BCUT2D eigenvalue weighted by atomic mass is 28.3. The molecule has 3 heterocycles. The second-order valence-corrected chi connectivity index (χ2v) is 19.7. The summed E-state index contributed by atoms with van der Waals surface area (Å²) in [6, 6.07) is 77.9. The first-order chi connectivity index (χ1) is 30.6. The fourth-order valence-electron chi connectivity index (χ4n) is 10.1. The lowest BCUT2D eigenvalue weighted by Gasteiger charge is -2.35. The van der Waals surface area contributed by atoms with E-state index in [2.05, 4.69) is 179 Å². The van der Waals surface area contributed by atoms with Crippen molar-refractivity contribution in [2.45, 2.75) is 0 Å². The van der Waals surface area contributed by atoms with Crippen LogP contribution in [-0.2, 0) is 0 Å². The zero-order valence-electron chi connectivity index (χ0n) is 33.3. The third kappa shape index (κ3) is 5.12. The minimum Gasteiger partial charge on any atom is -0.454 e. The van der Waals surface area contributed by atoms with Crippen LogP contribution in [0.15, 0.2) is 211 Å². The van der Waals surface area contributed by atoms with Crippen molar-refractivity contribution in [2.75, 3.05) is 0 Å². The molecule has 5 nitrogen and oxygen atoms in total. The summed E-state index contributed by atoms with van der Waals surface area (Å²) < 4.78 is 11.3. The molecule has 12 aromatic rings. The van der Waals surface area contributed by atoms with Gasteiger partial charge < -0.3 is 13.6 Å². The molecule has 0 unspecified atom stereocenters. The third-order valence-electron chi connectivity index (χ3n) is 12.7. The lowest BCUT2D eigenvalue weighted by molar-refractivity contribution is 0.671. The van der Waals surface area contributed by atoms with E-state index >= 15 is 0 Å². The van der Waals surface area contributed by atoms with Gasteiger partial charge in [-0.15, -0.1) is 0 Å². The molecule has 288 valence electrons. The maximum absolute atomic E-state index is 9.87. The number of benzene rings is 9. The van der Waals surface area contributed by atoms with Gasteiger partial charge in [0.05, 0.1) is 45.3 Å². The number of para-hydroxylation sites is 2. The molecule has 0 amide bonds. The Morgan fingerprint density at radius 3 is 1.58 bits per heavy atom. The molecule has 0 saturated heterocycles. The van der Waals surface area contributed by atoms with Crippen molar-refractivity contribution in [1.82, 2.24) is 9.13 Å². The Morgan fingerprint density at radius 1 is 0.371 bits per heavy atom. The summed E-state index contributed by atoms with van der Waals surface area (Å²) in [6.45, 7) is 0. The number of fused-ring (bicyclic) bond motifs is 10. The van der Waals surface area contributed by atoms with Crippen LogP contribution in [0.1, 0.15) is 11.1 Å². The Bertz CT molecular complexity index is 3720. The van der Waals surface area contributed by atoms with E-state index in [1.54, 1.807) is 0 Å². The van der Waals surface area contributed by atoms with Crippen molar-refractivity contribution in [3.63, 3.8) is 0 Å². The largest absolute Gasteiger partial charge is 0.454 e. The monoisotopic (exact) mass is 806 g/mol. The summed E-state index contributed by atoms with van der Waals surface area (Å²) in [7, 11) is -3.02. The van der Waals surface area contributed by atoms with Crippen LogP contribution >= 0.6 is 0 Å². The molecule has 0 N–H and O–H groups in total. The van der Waals surface area contributed by atoms with Gasteiger partial charge in [0.2, 0.25) is 0 Å². The molecular weight excluding hydrogens is 773 g/mol. The van der Waals surface area contributed by atoms with E-state index in [-0.39, 0.29) is 0 Å². The van der Waals surface area contributed by atoms with Gasteiger partial charge in [-0.05, 0) is 99.6 Å². The molecule has 0 atom stereocenters. The van der Waals surface area contributed by atoms with Crippen LogP contribution in [0.3, 0.4) is 0 Å². The topological polar surface area (TPSA) is 70.6 Å². The molecule has 0 fully saturated rings. The number of furan rings is 1. The summed E-state index contributed by atoms with van der Waals surface area (Å²) in [5.74, 6) is 0. The van der Waals surface area contributed by atoms with Gasteiger partial charge in [0.25, 0.3) is 0 Å². The number of hydrogen-bond acceptors (Lipinski definition) is 3. The van der Waals surface area contributed by atoms with Crippen LogP contribution in [0, 0.1) is 22.7 Å². The van der Waals surface area contributed by atoms with Gasteiger partial charge >= 0.3 is 0 Å². The predicted molar refractivity (Wildman–Crippen MR) is 255 cm³/mol. The van der Waals surface area contributed by atoms with Crippen molar-refractivity contribution in [3.8, 4) is 23.5 Å². The van der Waals surface area contributed by atoms with Crippen LogP contribution in [0.4, 0.5) is 0 Å². The third-order valence-corrected chi connectivity index (χ3v) is 17.5. The smallest absolute Gasteiger partial charge is 0.179 e. The number of aromatic nitrogens is 2. The summed E-state index contributed by atoms with van der Waals surface area (Å²) in [5.41, 5.74) is 9.14. The normalized spacial score (nSPS) is 11.8. The summed E-state index contributed by atoms with van der Waals surface area (Å²) in [4.78, 5) is 0. The predicted octanol–water partition coefficient (Wildman–Crippen LogP) is 10.9. The van der Waals surface area contributed by atoms with E-state index < -0.39 is 8.07 Å². The second-order valence-electron chi connectivity index (χ2n) is 15.9. The minimum absolute atomic E-state index is 0.582. The van der Waals surface area contributed by atoms with Gasteiger partial charge in [-0.1, -0.05) is 127 Å². The highest BCUT2D eigenvalue weighted by Crippen LogP contribution is 2.40. The van der Waals surface area contributed by atoms with Gasteiger partial charge in [-0.2, -0.15) is 10.5 Å². The van der Waals surface area contributed by atoms with Gasteiger partial charge in [0, 0.05) is 43.7 Å². The maximum Gasteiger partial charge on any atom is 0.179 e. The fraction of sp³-hybridized carbons (Fsp3) is 0. The van der Waals surface area contributed by atoms with Crippen molar-refractivity contribution in [1.29, 1.82) is 10.5 Å². The van der Waals surface area contributed by atoms with Gasteiger partial charge in [-0.3, -0.25) is 0 Å². The molecule has 3 aromatic heterocycles. The van der Waals surface area contributed by atoms with Crippen molar-refractivity contribution < 1.29 is 4.42 Å². The second kappa shape index (κ2) is 13.8. The highest BCUT2D eigenvalue weighted by Gasteiger charge is 2.41. The minimum atomic E-state index is -3.02. The molecule has 0 aliphatic heterocycles. The van der Waals surface area contributed by atoms with Gasteiger partial charge in [-0.25, -0.2) is 0 Å². The Labute approximate surface area is 357 Å². The van der Waals surface area contributed by atoms with Crippen LogP contribution in [0.5, 0.6) is 0 Å². The van der Waals surface area contributed by atoms with E-state index in [1.165, 1.54) is 26.1 Å². The highest BCUT2D eigenvalue weighted by molar-refractivity contribution is 7.19. The van der Waals surface area contributed by atoms with E-state index in [1.807, 2.05) is 48.5 Å². The quantitative estimate of drug-likeness (QED) is 0.124. The summed E-state index contributed by atoms with van der Waals surface area (Å²) in [6.07, 6.45) is 0. The van der Waals surface area contributed by atoms with E-state index in [4.69, 9.17) is 4.42 Å². The molecule has 0 aliphatic rings. The van der Waals surface area contributed by atoms with E-state index in [0.29, 0.717) is 11.1 Å². The van der Waals surface area contributed by atoms with Crippen molar-refractivity contribution in [3.05, 3.63) is 217 Å². The average molecular weight is 807 g/mol. The van der Waals surface area contributed by atoms with Crippen molar-refractivity contribution >= 4 is 94.4 Å². The molecule has 12 rings (SSSR count). The Morgan fingerprint density at radius 2 is 0.919 bits per heavy atom. The molecule has 0 bridgehead atoms. The van der Waals surface area contributed by atoms with Crippen molar-refractivity contribution in [2.24, 2.45) is 0 Å². The van der Waals surface area contributed by atoms with E-state index in [0.717, 1.165) is 71.5 Å². The first-order valence-corrected chi connectivity index (χ1v) is 22.7. The van der Waals surface area contributed by atoms with Crippen LogP contribution in [0.25, 0.3) is 76.9 Å². The molecular formula is C56H34N4OSi. The summed E-state index contributed by atoms with van der Waals surface area (Å²) >= 11 is 0. The van der Waals surface area contributed by atoms with Crippen LogP contribution < -0.4 is 20.7 Å². The average Bonchev–Trinajstić information content (AvgIpc) is 4.00. The lowest BCUT2D eigenvalue weighted by Crippen LogP contribution is -2.74. The fourth-order valence-corrected chi connectivity index (χ4v) is 14.8. The number of rotatable bonds is 6. The van der Waals surface area contributed by atoms with Crippen LogP contribution in [0.2, 0.25) is 0 Å².